The smallest absolute Gasteiger partial charge is 0.142 e. The van der Waals surface area contributed by atoms with Crippen LogP contribution in [0.15, 0.2) is 18.2 Å². The fourth-order valence-corrected chi connectivity index (χ4v) is 2.24. The lowest BCUT2D eigenvalue weighted by Gasteiger charge is -2.14. The van der Waals surface area contributed by atoms with Crippen LogP contribution in [0.5, 0.6) is 5.75 Å². The molecule has 0 aromatic heterocycles. The third-order valence-corrected chi connectivity index (χ3v) is 3.06. The van der Waals surface area contributed by atoms with E-state index in [1.807, 2.05) is 13.0 Å². The van der Waals surface area contributed by atoms with E-state index < -0.39 is 0 Å². The first-order valence-corrected chi connectivity index (χ1v) is 5.73. The zero-order chi connectivity index (χ0) is 10.8. The number of benzene rings is 1. The van der Waals surface area contributed by atoms with E-state index in [4.69, 9.17) is 4.74 Å². The Balaban J connectivity index is 2.34. The fraction of sp³-hybridized carbons (Fsp3) is 0.538. The van der Waals surface area contributed by atoms with Crippen molar-refractivity contribution >= 4 is 5.69 Å². The second-order valence-corrected chi connectivity index (χ2v) is 4.38. The van der Waals surface area contributed by atoms with Crippen LogP contribution in [-0.4, -0.2) is 13.2 Å². The molecule has 1 atom stereocenters. The largest absolute Gasteiger partial charge is 0.492 e. The summed E-state index contributed by atoms with van der Waals surface area (Å²) in [6.07, 6.45) is 0. The number of hydrogen-bond acceptors (Lipinski definition) is 2. The zero-order valence-electron chi connectivity index (χ0n) is 9.71. The Morgan fingerprint density at radius 3 is 2.93 bits per heavy atom. The van der Waals surface area contributed by atoms with E-state index in [0.717, 1.165) is 18.9 Å². The molecule has 82 valence electrons. The van der Waals surface area contributed by atoms with E-state index in [-0.39, 0.29) is 0 Å². The molecule has 0 saturated carbocycles. The van der Waals surface area contributed by atoms with Crippen LogP contribution < -0.4 is 10.1 Å². The van der Waals surface area contributed by atoms with Crippen LogP contribution in [0.1, 0.15) is 32.3 Å². The second kappa shape index (κ2) is 4.13. The lowest BCUT2D eigenvalue weighted by atomic mass is 9.90. The summed E-state index contributed by atoms with van der Waals surface area (Å²) >= 11 is 0. The number of anilines is 1. The van der Waals surface area contributed by atoms with Crippen LogP contribution in [0.4, 0.5) is 5.69 Å². The quantitative estimate of drug-likeness (QED) is 0.817. The van der Waals surface area contributed by atoms with Crippen molar-refractivity contribution in [1.29, 1.82) is 0 Å². The molecule has 1 aliphatic rings. The van der Waals surface area contributed by atoms with Gasteiger partial charge in [0.05, 0.1) is 12.3 Å². The molecule has 2 nitrogen and oxygen atoms in total. The van der Waals surface area contributed by atoms with Gasteiger partial charge in [0, 0.05) is 12.5 Å². The summed E-state index contributed by atoms with van der Waals surface area (Å²) in [5.74, 6) is 2.30. The molecule has 2 heteroatoms. The summed E-state index contributed by atoms with van der Waals surface area (Å²) in [6.45, 7) is 8.33. The van der Waals surface area contributed by atoms with E-state index >= 15 is 0 Å². The van der Waals surface area contributed by atoms with Crippen molar-refractivity contribution in [3.05, 3.63) is 23.8 Å². The Morgan fingerprint density at radius 2 is 2.27 bits per heavy atom. The Hall–Kier alpha value is -1.18. The van der Waals surface area contributed by atoms with E-state index in [1.165, 1.54) is 11.3 Å². The number of nitrogens with one attached hydrogen (secondary N) is 1. The first kappa shape index (κ1) is 10.3. The minimum atomic E-state index is 0.625. The van der Waals surface area contributed by atoms with Crippen molar-refractivity contribution in [3.8, 4) is 5.75 Å². The molecule has 1 N–H and O–H groups in total. The van der Waals surface area contributed by atoms with Gasteiger partial charge in [-0.1, -0.05) is 26.0 Å². The predicted molar refractivity (Wildman–Crippen MR) is 63.7 cm³/mol. The van der Waals surface area contributed by atoms with Gasteiger partial charge in [0.15, 0.2) is 0 Å². The Kier molecular flexibility index (Phi) is 2.85. The maximum absolute atomic E-state index is 5.61. The lowest BCUT2D eigenvalue weighted by molar-refractivity contribution is 0.342. The zero-order valence-corrected chi connectivity index (χ0v) is 9.71. The Morgan fingerprint density at radius 1 is 1.47 bits per heavy atom. The molecule has 0 aliphatic carbocycles. The van der Waals surface area contributed by atoms with E-state index in [2.05, 4.69) is 31.3 Å². The highest BCUT2D eigenvalue weighted by Crippen LogP contribution is 2.41. The molecular weight excluding hydrogens is 186 g/mol. The van der Waals surface area contributed by atoms with Crippen molar-refractivity contribution in [1.82, 2.24) is 0 Å². The van der Waals surface area contributed by atoms with Gasteiger partial charge < -0.3 is 10.1 Å². The number of para-hydroxylation sites is 1. The molecule has 1 aliphatic heterocycles. The van der Waals surface area contributed by atoms with Gasteiger partial charge in [-0.15, -0.1) is 0 Å². The lowest BCUT2D eigenvalue weighted by Crippen LogP contribution is -2.08. The molecule has 1 unspecified atom stereocenters. The molecule has 0 saturated heterocycles. The molecule has 0 amide bonds. The SMILES string of the molecule is CCOc1cccc2c1NCC2C(C)C. The number of ether oxygens (including phenoxy) is 1. The average molecular weight is 205 g/mol. The predicted octanol–water partition coefficient (Wildman–Crippen LogP) is 3.25. The van der Waals surface area contributed by atoms with Crippen LogP contribution in [0.25, 0.3) is 0 Å². The first-order valence-electron chi connectivity index (χ1n) is 5.73. The summed E-state index contributed by atoms with van der Waals surface area (Å²) in [7, 11) is 0. The summed E-state index contributed by atoms with van der Waals surface area (Å²) in [5, 5.41) is 3.46. The average Bonchev–Trinajstić information content (AvgIpc) is 2.62. The number of fused-ring (bicyclic) bond motifs is 1. The number of rotatable bonds is 3. The van der Waals surface area contributed by atoms with E-state index in [1.54, 1.807) is 0 Å². The van der Waals surface area contributed by atoms with Crippen LogP contribution in [0, 0.1) is 5.92 Å². The maximum Gasteiger partial charge on any atom is 0.142 e. The van der Waals surface area contributed by atoms with Crippen molar-refractivity contribution in [3.63, 3.8) is 0 Å². The standard InChI is InChI=1S/C13H19NO/c1-4-15-12-7-5-6-10-11(9(2)3)8-14-13(10)12/h5-7,9,11,14H,4,8H2,1-3H3. The van der Waals surface area contributed by atoms with Crippen LogP contribution >= 0.6 is 0 Å². The molecule has 1 aromatic carbocycles. The normalized spacial score (nSPS) is 18.8. The summed E-state index contributed by atoms with van der Waals surface area (Å²) in [4.78, 5) is 0. The topological polar surface area (TPSA) is 21.3 Å². The minimum Gasteiger partial charge on any atom is -0.492 e. The molecule has 0 bridgehead atoms. The minimum absolute atomic E-state index is 0.625. The molecule has 1 aromatic rings. The van der Waals surface area contributed by atoms with Crippen molar-refractivity contribution in [2.24, 2.45) is 5.92 Å². The Bertz CT molecular complexity index is 346. The van der Waals surface area contributed by atoms with E-state index in [0.29, 0.717) is 11.8 Å². The second-order valence-electron chi connectivity index (χ2n) is 4.38. The summed E-state index contributed by atoms with van der Waals surface area (Å²) in [6, 6.07) is 6.34. The monoisotopic (exact) mass is 205 g/mol. The van der Waals surface area contributed by atoms with Gasteiger partial charge in [0.2, 0.25) is 0 Å². The highest BCUT2D eigenvalue weighted by atomic mass is 16.5. The van der Waals surface area contributed by atoms with Gasteiger partial charge in [-0.3, -0.25) is 0 Å². The van der Waals surface area contributed by atoms with Gasteiger partial charge >= 0.3 is 0 Å². The molecule has 0 radical (unpaired) electrons. The first-order chi connectivity index (χ1) is 7.24. The number of hydrogen-bond donors (Lipinski definition) is 1. The van der Waals surface area contributed by atoms with E-state index in [9.17, 15) is 0 Å². The molecule has 1 heterocycles. The van der Waals surface area contributed by atoms with Gasteiger partial charge in [-0.05, 0) is 24.5 Å². The van der Waals surface area contributed by atoms with Crippen molar-refractivity contribution < 1.29 is 4.74 Å². The van der Waals surface area contributed by atoms with Crippen molar-refractivity contribution in [2.45, 2.75) is 26.7 Å². The Labute approximate surface area is 91.6 Å². The summed E-state index contributed by atoms with van der Waals surface area (Å²) < 4.78 is 5.61. The van der Waals surface area contributed by atoms with Gasteiger partial charge in [0.1, 0.15) is 5.75 Å². The van der Waals surface area contributed by atoms with Gasteiger partial charge in [-0.25, -0.2) is 0 Å². The maximum atomic E-state index is 5.61. The van der Waals surface area contributed by atoms with Crippen LogP contribution in [-0.2, 0) is 0 Å². The van der Waals surface area contributed by atoms with Gasteiger partial charge in [0.25, 0.3) is 0 Å². The van der Waals surface area contributed by atoms with Crippen molar-refractivity contribution in [2.75, 3.05) is 18.5 Å². The fourth-order valence-electron chi connectivity index (χ4n) is 2.24. The molecule has 0 spiro atoms. The summed E-state index contributed by atoms with van der Waals surface area (Å²) in [5.41, 5.74) is 2.62. The molecule has 2 rings (SSSR count). The molecular formula is C13H19NO. The van der Waals surface area contributed by atoms with Crippen LogP contribution in [0.2, 0.25) is 0 Å². The molecule has 0 fully saturated rings. The highest BCUT2D eigenvalue weighted by molar-refractivity contribution is 5.66. The third-order valence-electron chi connectivity index (χ3n) is 3.06. The highest BCUT2D eigenvalue weighted by Gasteiger charge is 2.26. The van der Waals surface area contributed by atoms with Crippen LogP contribution in [0.3, 0.4) is 0 Å². The van der Waals surface area contributed by atoms with Gasteiger partial charge in [-0.2, -0.15) is 0 Å². The third kappa shape index (κ3) is 1.81. The molecule has 15 heavy (non-hydrogen) atoms.